The molecule has 0 rings (SSSR count). The van der Waals surface area contributed by atoms with Crippen LogP contribution in [0, 0.1) is 0 Å². The normalized spacial score (nSPS) is 10.4. The van der Waals surface area contributed by atoms with Crippen LogP contribution in [0.2, 0.25) is 0 Å². The van der Waals surface area contributed by atoms with E-state index in [9.17, 15) is 9.59 Å². The summed E-state index contributed by atoms with van der Waals surface area (Å²) in [7, 11) is 0. The van der Waals surface area contributed by atoms with Gasteiger partial charge in [-0.25, -0.2) is 0 Å². The van der Waals surface area contributed by atoms with Crippen LogP contribution in [-0.4, -0.2) is 64.8 Å². The van der Waals surface area contributed by atoms with Gasteiger partial charge in [0.2, 0.25) is 0 Å². The molecule has 0 saturated carbocycles. The molecule has 0 aromatic carbocycles. The monoisotopic (exact) mass is 306 g/mol. The number of hydrogen-bond donors (Lipinski definition) is 0. The highest BCUT2D eigenvalue weighted by molar-refractivity contribution is 5.69. The number of carbonyl (C=O) groups excluding carboxylic acids is 2. The third kappa shape index (κ3) is 15.0. The zero-order valence-corrected chi connectivity index (χ0v) is 12.9. The number of rotatable bonds is 14. The Kier molecular flexibility index (Phi) is 14.4. The average Bonchev–Trinajstić information content (AvgIpc) is 2.51. The molecular weight excluding hydrogens is 280 g/mol. The standard InChI is InChI=1S/C14H26O7/c1-3-13(15)20-11-9-18-7-5-17-6-8-19-10-12-21-14(16)4-2/h3-12H2,1-2H3. The van der Waals surface area contributed by atoms with Crippen LogP contribution in [0.4, 0.5) is 0 Å². The number of ether oxygens (including phenoxy) is 5. The maximum atomic E-state index is 10.8. The van der Waals surface area contributed by atoms with Gasteiger partial charge >= 0.3 is 11.9 Å². The molecule has 21 heavy (non-hydrogen) atoms. The largest absolute Gasteiger partial charge is 0.463 e. The van der Waals surface area contributed by atoms with Crippen molar-refractivity contribution in [3.63, 3.8) is 0 Å². The highest BCUT2D eigenvalue weighted by atomic mass is 16.6. The first-order valence-electron chi connectivity index (χ1n) is 7.25. The third-order valence-corrected chi connectivity index (χ3v) is 2.30. The van der Waals surface area contributed by atoms with Crippen LogP contribution in [0.5, 0.6) is 0 Å². The molecule has 0 aromatic rings. The van der Waals surface area contributed by atoms with Gasteiger partial charge in [0.15, 0.2) is 0 Å². The van der Waals surface area contributed by atoms with E-state index in [2.05, 4.69) is 0 Å². The van der Waals surface area contributed by atoms with Gasteiger partial charge in [0, 0.05) is 12.8 Å². The first-order valence-corrected chi connectivity index (χ1v) is 7.25. The van der Waals surface area contributed by atoms with Crippen LogP contribution in [0.15, 0.2) is 0 Å². The van der Waals surface area contributed by atoms with Crippen molar-refractivity contribution in [3.05, 3.63) is 0 Å². The van der Waals surface area contributed by atoms with Gasteiger partial charge in [-0.2, -0.15) is 0 Å². The third-order valence-electron chi connectivity index (χ3n) is 2.30. The van der Waals surface area contributed by atoms with Crippen molar-refractivity contribution in [2.24, 2.45) is 0 Å². The van der Waals surface area contributed by atoms with E-state index < -0.39 is 0 Å². The second-order valence-corrected chi connectivity index (χ2v) is 3.99. The van der Waals surface area contributed by atoms with Crippen molar-refractivity contribution in [2.75, 3.05) is 52.9 Å². The summed E-state index contributed by atoms with van der Waals surface area (Å²) in [6, 6.07) is 0. The van der Waals surface area contributed by atoms with E-state index in [1.165, 1.54) is 0 Å². The predicted octanol–water partition coefficient (Wildman–Crippen LogP) is 0.943. The Morgan fingerprint density at radius 3 is 1.14 bits per heavy atom. The summed E-state index contributed by atoms with van der Waals surface area (Å²) in [6.07, 6.45) is 0.751. The molecule has 7 nitrogen and oxygen atoms in total. The second kappa shape index (κ2) is 15.2. The molecule has 0 saturated heterocycles. The van der Waals surface area contributed by atoms with Crippen LogP contribution < -0.4 is 0 Å². The lowest BCUT2D eigenvalue weighted by molar-refractivity contribution is -0.145. The van der Waals surface area contributed by atoms with Gasteiger partial charge in [0.25, 0.3) is 0 Å². The molecule has 0 atom stereocenters. The van der Waals surface area contributed by atoms with Crippen molar-refractivity contribution >= 4 is 11.9 Å². The molecule has 0 aliphatic heterocycles. The molecule has 0 fully saturated rings. The molecular formula is C14H26O7. The second-order valence-electron chi connectivity index (χ2n) is 3.99. The van der Waals surface area contributed by atoms with Crippen molar-refractivity contribution < 1.29 is 33.3 Å². The van der Waals surface area contributed by atoms with E-state index in [1.54, 1.807) is 13.8 Å². The van der Waals surface area contributed by atoms with E-state index in [1.807, 2.05) is 0 Å². The van der Waals surface area contributed by atoms with Crippen LogP contribution in [0.1, 0.15) is 26.7 Å². The molecule has 0 unspecified atom stereocenters. The Morgan fingerprint density at radius 2 is 0.857 bits per heavy atom. The summed E-state index contributed by atoms with van der Waals surface area (Å²) in [5.74, 6) is -0.451. The fourth-order valence-corrected chi connectivity index (χ4v) is 1.17. The van der Waals surface area contributed by atoms with Crippen molar-refractivity contribution in [3.8, 4) is 0 Å². The van der Waals surface area contributed by atoms with E-state index >= 15 is 0 Å². The minimum Gasteiger partial charge on any atom is -0.463 e. The fourth-order valence-electron chi connectivity index (χ4n) is 1.17. The summed E-state index contributed by atoms with van der Waals surface area (Å²) < 4.78 is 25.4. The highest BCUT2D eigenvalue weighted by Crippen LogP contribution is 1.87. The molecule has 0 aliphatic rings. The van der Waals surface area contributed by atoms with Crippen LogP contribution in [0.25, 0.3) is 0 Å². The highest BCUT2D eigenvalue weighted by Gasteiger charge is 1.98. The smallest absolute Gasteiger partial charge is 0.305 e. The van der Waals surface area contributed by atoms with Gasteiger partial charge in [0.05, 0.1) is 39.6 Å². The lowest BCUT2D eigenvalue weighted by atomic mass is 10.5. The molecule has 0 amide bonds. The van der Waals surface area contributed by atoms with Crippen molar-refractivity contribution in [1.29, 1.82) is 0 Å². The minimum atomic E-state index is -0.225. The van der Waals surface area contributed by atoms with Crippen molar-refractivity contribution in [2.45, 2.75) is 26.7 Å². The molecule has 0 aromatic heterocycles. The first kappa shape index (κ1) is 19.8. The molecule has 0 bridgehead atoms. The lowest BCUT2D eigenvalue weighted by Gasteiger charge is -2.07. The molecule has 0 spiro atoms. The quantitative estimate of drug-likeness (QED) is 0.349. The topological polar surface area (TPSA) is 80.3 Å². The number of hydrogen-bond acceptors (Lipinski definition) is 7. The van der Waals surface area contributed by atoms with Crippen LogP contribution in [-0.2, 0) is 33.3 Å². The Bertz CT molecular complexity index is 242. The van der Waals surface area contributed by atoms with E-state index in [4.69, 9.17) is 23.7 Å². The Balaban J connectivity index is 3.06. The zero-order valence-electron chi connectivity index (χ0n) is 12.9. The van der Waals surface area contributed by atoms with E-state index in [-0.39, 0.29) is 25.2 Å². The Hall–Kier alpha value is -1.18. The van der Waals surface area contributed by atoms with Crippen molar-refractivity contribution in [1.82, 2.24) is 0 Å². The summed E-state index contributed by atoms with van der Waals surface area (Å²) >= 11 is 0. The lowest BCUT2D eigenvalue weighted by Crippen LogP contribution is -2.14. The fraction of sp³-hybridized carbons (Fsp3) is 0.857. The van der Waals surface area contributed by atoms with Gasteiger partial charge in [-0.15, -0.1) is 0 Å². The molecule has 0 N–H and O–H groups in total. The van der Waals surface area contributed by atoms with Crippen LogP contribution in [0.3, 0.4) is 0 Å². The zero-order chi connectivity index (χ0) is 15.8. The number of esters is 2. The minimum absolute atomic E-state index is 0.225. The van der Waals surface area contributed by atoms with Gasteiger partial charge < -0.3 is 23.7 Å². The summed E-state index contributed by atoms with van der Waals surface area (Å²) in [5, 5.41) is 0. The summed E-state index contributed by atoms with van der Waals surface area (Å²) in [4.78, 5) is 21.6. The first-order chi connectivity index (χ1) is 10.2. The Morgan fingerprint density at radius 1 is 0.571 bits per heavy atom. The molecule has 7 heteroatoms. The van der Waals surface area contributed by atoms with Gasteiger partial charge in [0.1, 0.15) is 13.2 Å². The molecule has 124 valence electrons. The molecule has 0 aliphatic carbocycles. The maximum absolute atomic E-state index is 10.8. The average molecular weight is 306 g/mol. The van der Waals surface area contributed by atoms with Crippen LogP contribution >= 0.6 is 0 Å². The molecule has 0 radical (unpaired) electrons. The Labute approximate surface area is 125 Å². The molecule has 0 heterocycles. The number of carbonyl (C=O) groups is 2. The van der Waals surface area contributed by atoms with E-state index in [0.717, 1.165) is 0 Å². The summed E-state index contributed by atoms with van der Waals surface area (Å²) in [6.45, 7) is 6.56. The van der Waals surface area contributed by atoms with Gasteiger partial charge in [-0.05, 0) is 0 Å². The summed E-state index contributed by atoms with van der Waals surface area (Å²) in [5.41, 5.74) is 0. The maximum Gasteiger partial charge on any atom is 0.305 e. The predicted molar refractivity (Wildman–Crippen MR) is 75.0 cm³/mol. The van der Waals surface area contributed by atoms with Gasteiger partial charge in [-0.1, -0.05) is 13.8 Å². The van der Waals surface area contributed by atoms with Gasteiger partial charge in [-0.3, -0.25) is 9.59 Å². The van der Waals surface area contributed by atoms with E-state index in [0.29, 0.717) is 52.5 Å². The SMILES string of the molecule is CCC(=O)OCCOCCOCCOCCOC(=O)CC.